The summed E-state index contributed by atoms with van der Waals surface area (Å²) in [6.45, 7) is 8.59. The maximum Gasteiger partial charge on any atom is 0.0558 e. The molecular formula is C16H27N3O. The molecule has 1 saturated heterocycles. The van der Waals surface area contributed by atoms with Crippen molar-refractivity contribution >= 4 is 0 Å². The fourth-order valence-corrected chi connectivity index (χ4v) is 2.86. The van der Waals surface area contributed by atoms with Gasteiger partial charge in [-0.1, -0.05) is 37.3 Å². The second-order valence-corrected chi connectivity index (χ2v) is 5.78. The summed E-state index contributed by atoms with van der Waals surface area (Å²) in [5, 5.41) is 8.96. The summed E-state index contributed by atoms with van der Waals surface area (Å²) >= 11 is 0. The molecule has 1 heterocycles. The number of hydrogen-bond donors (Lipinski definition) is 2. The van der Waals surface area contributed by atoms with Crippen molar-refractivity contribution in [2.75, 3.05) is 45.9 Å². The monoisotopic (exact) mass is 277 g/mol. The van der Waals surface area contributed by atoms with Gasteiger partial charge in [0.25, 0.3) is 0 Å². The lowest BCUT2D eigenvalue weighted by Gasteiger charge is -2.36. The molecule has 0 aliphatic carbocycles. The quantitative estimate of drug-likeness (QED) is 0.812. The lowest BCUT2D eigenvalue weighted by molar-refractivity contribution is 0.100. The normalized spacial score (nSPS) is 20.8. The van der Waals surface area contributed by atoms with Gasteiger partial charge in [-0.3, -0.25) is 4.90 Å². The molecule has 1 fully saturated rings. The van der Waals surface area contributed by atoms with E-state index in [0.29, 0.717) is 5.92 Å². The second-order valence-electron chi connectivity index (χ2n) is 5.78. The summed E-state index contributed by atoms with van der Waals surface area (Å²) in [7, 11) is 0. The number of piperazine rings is 1. The van der Waals surface area contributed by atoms with Gasteiger partial charge in [0.2, 0.25) is 0 Å². The predicted octanol–water partition coefficient (Wildman–Crippen LogP) is 0.932. The van der Waals surface area contributed by atoms with Crippen LogP contribution in [0.25, 0.3) is 0 Å². The fraction of sp³-hybridized carbons (Fsp3) is 0.625. The highest BCUT2D eigenvalue weighted by atomic mass is 16.3. The number of β-amino-alcohol motifs (C(OH)–C–C–N with tert-alkyl or cyclic N) is 1. The molecule has 0 amide bonds. The maximum absolute atomic E-state index is 8.96. The molecule has 2 atom stereocenters. The van der Waals surface area contributed by atoms with Gasteiger partial charge in [-0.2, -0.15) is 0 Å². The van der Waals surface area contributed by atoms with E-state index < -0.39 is 0 Å². The van der Waals surface area contributed by atoms with Gasteiger partial charge in [0, 0.05) is 45.3 Å². The number of nitrogens with zero attached hydrogens (tertiary/aromatic N) is 2. The van der Waals surface area contributed by atoms with Crippen molar-refractivity contribution in [1.29, 1.82) is 0 Å². The summed E-state index contributed by atoms with van der Waals surface area (Å²) in [4.78, 5) is 4.81. The number of hydrogen-bond acceptors (Lipinski definition) is 4. The van der Waals surface area contributed by atoms with Crippen LogP contribution >= 0.6 is 0 Å². The summed E-state index contributed by atoms with van der Waals surface area (Å²) < 4.78 is 0. The molecule has 1 aromatic rings. The molecule has 4 nitrogen and oxygen atoms in total. The number of nitrogens with two attached hydrogens (primary N) is 1. The highest BCUT2D eigenvalue weighted by Crippen LogP contribution is 2.20. The van der Waals surface area contributed by atoms with Gasteiger partial charge in [-0.05, 0) is 11.5 Å². The smallest absolute Gasteiger partial charge is 0.0558 e. The first-order valence-corrected chi connectivity index (χ1v) is 7.57. The molecule has 20 heavy (non-hydrogen) atoms. The average Bonchev–Trinajstić information content (AvgIpc) is 2.49. The molecule has 0 saturated carbocycles. The van der Waals surface area contributed by atoms with Crippen molar-refractivity contribution in [3.05, 3.63) is 35.9 Å². The van der Waals surface area contributed by atoms with E-state index in [2.05, 4.69) is 41.0 Å². The fourth-order valence-electron chi connectivity index (χ4n) is 2.86. The average molecular weight is 277 g/mol. The van der Waals surface area contributed by atoms with Crippen LogP contribution in [0.2, 0.25) is 0 Å². The van der Waals surface area contributed by atoms with Gasteiger partial charge in [0.05, 0.1) is 6.61 Å². The Morgan fingerprint density at radius 1 is 1.10 bits per heavy atom. The van der Waals surface area contributed by atoms with Gasteiger partial charge >= 0.3 is 0 Å². The molecule has 2 unspecified atom stereocenters. The molecular weight excluding hydrogens is 250 g/mol. The van der Waals surface area contributed by atoms with Gasteiger partial charge in [-0.15, -0.1) is 0 Å². The molecule has 1 aromatic carbocycles. The Kier molecular flexibility index (Phi) is 5.98. The van der Waals surface area contributed by atoms with Crippen molar-refractivity contribution in [3.8, 4) is 0 Å². The minimum absolute atomic E-state index is 0.103. The van der Waals surface area contributed by atoms with Crippen LogP contribution in [0.4, 0.5) is 0 Å². The van der Waals surface area contributed by atoms with Crippen molar-refractivity contribution in [3.63, 3.8) is 0 Å². The molecule has 4 heteroatoms. The molecule has 1 aliphatic heterocycles. The Morgan fingerprint density at radius 2 is 1.70 bits per heavy atom. The van der Waals surface area contributed by atoms with E-state index in [9.17, 15) is 0 Å². The van der Waals surface area contributed by atoms with Crippen molar-refractivity contribution < 1.29 is 5.11 Å². The van der Waals surface area contributed by atoms with Crippen LogP contribution in [-0.4, -0.2) is 60.8 Å². The maximum atomic E-state index is 8.96. The van der Waals surface area contributed by atoms with E-state index in [1.807, 2.05) is 6.07 Å². The molecule has 3 N–H and O–H groups in total. The second kappa shape index (κ2) is 7.74. The van der Waals surface area contributed by atoms with Crippen LogP contribution in [0.15, 0.2) is 30.3 Å². The zero-order valence-corrected chi connectivity index (χ0v) is 12.4. The third-order valence-corrected chi connectivity index (χ3v) is 4.22. The van der Waals surface area contributed by atoms with E-state index in [1.165, 1.54) is 5.56 Å². The number of benzene rings is 1. The summed E-state index contributed by atoms with van der Waals surface area (Å²) in [5.41, 5.74) is 7.58. The molecule has 0 bridgehead atoms. The Labute approximate surface area is 122 Å². The summed E-state index contributed by atoms with van der Waals surface area (Å²) in [6.07, 6.45) is 0. The van der Waals surface area contributed by atoms with Gasteiger partial charge in [0.15, 0.2) is 0 Å². The largest absolute Gasteiger partial charge is 0.395 e. The lowest BCUT2D eigenvalue weighted by atomic mass is 9.95. The standard InChI is InChI=1S/C16H27N3O/c1-14(16(17)15-5-3-2-4-6-15)13-19-9-7-18(8-10-19)11-12-20/h2-6,14,16,20H,7-13,17H2,1H3. The SMILES string of the molecule is CC(CN1CCN(CCO)CC1)C(N)c1ccccc1. The van der Waals surface area contributed by atoms with Crippen LogP contribution in [-0.2, 0) is 0 Å². The molecule has 1 aliphatic rings. The molecule has 0 radical (unpaired) electrons. The number of rotatable bonds is 6. The minimum atomic E-state index is 0.103. The van der Waals surface area contributed by atoms with Crippen LogP contribution in [0.1, 0.15) is 18.5 Å². The minimum Gasteiger partial charge on any atom is -0.395 e. The lowest BCUT2D eigenvalue weighted by Crippen LogP contribution is -2.48. The van der Waals surface area contributed by atoms with E-state index in [1.54, 1.807) is 0 Å². The summed E-state index contributed by atoms with van der Waals surface area (Å²) in [5.74, 6) is 0.446. The first-order valence-electron chi connectivity index (χ1n) is 7.57. The van der Waals surface area contributed by atoms with E-state index in [-0.39, 0.29) is 12.6 Å². The van der Waals surface area contributed by atoms with Crippen LogP contribution in [0, 0.1) is 5.92 Å². The number of aliphatic hydroxyl groups is 1. The summed E-state index contributed by atoms with van der Waals surface area (Å²) in [6, 6.07) is 10.5. The Hall–Kier alpha value is -0.940. The number of aliphatic hydroxyl groups excluding tert-OH is 1. The zero-order valence-electron chi connectivity index (χ0n) is 12.4. The van der Waals surface area contributed by atoms with Crippen LogP contribution in [0.5, 0.6) is 0 Å². The van der Waals surface area contributed by atoms with Crippen LogP contribution in [0.3, 0.4) is 0 Å². The van der Waals surface area contributed by atoms with E-state index in [0.717, 1.165) is 39.3 Å². The molecule has 112 valence electrons. The molecule has 0 aromatic heterocycles. The zero-order chi connectivity index (χ0) is 14.4. The Balaban J connectivity index is 1.79. The Bertz CT molecular complexity index is 377. The molecule has 0 spiro atoms. The van der Waals surface area contributed by atoms with Gasteiger partial charge in [0.1, 0.15) is 0 Å². The first kappa shape index (κ1) is 15.4. The van der Waals surface area contributed by atoms with Gasteiger partial charge in [-0.25, -0.2) is 0 Å². The van der Waals surface area contributed by atoms with Crippen molar-refractivity contribution in [1.82, 2.24) is 9.80 Å². The third kappa shape index (κ3) is 4.28. The van der Waals surface area contributed by atoms with Crippen LogP contribution < -0.4 is 5.73 Å². The highest BCUT2D eigenvalue weighted by molar-refractivity contribution is 5.19. The molecule has 2 rings (SSSR count). The van der Waals surface area contributed by atoms with E-state index in [4.69, 9.17) is 10.8 Å². The van der Waals surface area contributed by atoms with Crippen molar-refractivity contribution in [2.45, 2.75) is 13.0 Å². The Morgan fingerprint density at radius 3 is 2.30 bits per heavy atom. The predicted molar refractivity (Wildman–Crippen MR) is 82.5 cm³/mol. The third-order valence-electron chi connectivity index (χ3n) is 4.22. The van der Waals surface area contributed by atoms with E-state index >= 15 is 0 Å². The first-order chi connectivity index (χ1) is 9.70. The topological polar surface area (TPSA) is 52.7 Å². The van der Waals surface area contributed by atoms with Gasteiger partial charge < -0.3 is 15.7 Å². The highest BCUT2D eigenvalue weighted by Gasteiger charge is 2.21. The van der Waals surface area contributed by atoms with Crippen molar-refractivity contribution in [2.24, 2.45) is 11.7 Å².